The molecule has 1 atom stereocenters. The molecule has 6 nitrogen and oxygen atoms in total. The van der Waals surface area contributed by atoms with Crippen molar-refractivity contribution in [3.8, 4) is 6.07 Å². The van der Waals surface area contributed by atoms with Crippen molar-refractivity contribution >= 4 is 10.0 Å². The van der Waals surface area contributed by atoms with E-state index in [4.69, 9.17) is 5.26 Å². The third kappa shape index (κ3) is 2.06. The predicted octanol–water partition coefficient (Wildman–Crippen LogP) is 0.580. The maximum Gasteiger partial charge on any atom is 0.263 e. The number of hydrogen-bond donors (Lipinski definition) is 0. The molecule has 2 rings (SSSR count). The number of hydrogen-bond acceptors (Lipinski definition) is 4. The molecule has 17 heavy (non-hydrogen) atoms. The molecule has 1 aliphatic rings. The van der Waals surface area contributed by atoms with E-state index in [1.165, 1.54) is 16.8 Å². The van der Waals surface area contributed by atoms with E-state index >= 15 is 0 Å². The Morgan fingerprint density at radius 3 is 3.00 bits per heavy atom. The van der Waals surface area contributed by atoms with Gasteiger partial charge in [-0.3, -0.25) is 0 Å². The fourth-order valence-corrected chi connectivity index (χ4v) is 3.47. The topological polar surface area (TPSA) is 79.0 Å². The smallest absolute Gasteiger partial charge is 0.263 e. The number of imidazole rings is 1. The Morgan fingerprint density at radius 1 is 1.65 bits per heavy atom. The predicted molar refractivity (Wildman–Crippen MR) is 60.4 cm³/mol. The molecule has 1 saturated heterocycles. The van der Waals surface area contributed by atoms with E-state index in [1.807, 2.05) is 13.0 Å². The summed E-state index contributed by atoms with van der Waals surface area (Å²) in [5.74, 6) is 0. The number of aryl methyl sites for hydroxylation is 1. The third-order valence-electron chi connectivity index (χ3n) is 2.90. The van der Waals surface area contributed by atoms with E-state index < -0.39 is 16.1 Å². The van der Waals surface area contributed by atoms with Crippen molar-refractivity contribution in [2.45, 2.75) is 37.4 Å². The molecule has 0 radical (unpaired) electrons. The van der Waals surface area contributed by atoms with Gasteiger partial charge in [0.15, 0.2) is 5.03 Å². The van der Waals surface area contributed by atoms with Gasteiger partial charge in [0.25, 0.3) is 10.0 Å². The summed E-state index contributed by atoms with van der Waals surface area (Å²) in [6, 6.07) is 1.47. The lowest BCUT2D eigenvalue weighted by molar-refractivity contribution is 0.435. The van der Waals surface area contributed by atoms with Crippen molar-refractivity contribution in [1.82, 2.24) is 13.9 Å². The van der Waals surface area contributed by atoms with E-state index in [0.717, 1.165) is 6.42 Å². The van der Waals surface area contributed by atoms with Gasteiger partial charge in [0.05, 0.1) is 12.4 Å². The molecule has 0 aromatic carbocycles. The molecule has 0 amide bonds. The maximum atomic E-state index is 12.2. The van der Waals surface area contributed by atoms with Crippen molar-refractivity contribution < 1.29 is 8.42 Å². The summed E-state index contributed by atoms with van der Waals surface area (Å²) in [5, 5.41) is 8.95. The first-order valence-electron chi connectivity index (χ1n) is 5.53. The first-order valence-corrected chi connectivity index (χ1v) is 6.97. The van der Waals surface area contributed by atoms with Crippen LogP contribution in [0, 0.1) is 11.3 Å². The second kappa shape index (κ2) is 4.47. The summed E-state index contributed by atoms with van der Waals surface area (Å²) in [6.07, 6.45) is 4.32. The quantitative estimate of drug-likeness (QED) is 0.790. The van der Waals surface area contributed by atoms with Gasteiger partial charge >= 0.3 is 0 Å². The number of nitriles is 1. The van der Waals surface area contributed by atoms with E-state index in [9.17, 15) is 8.42 Å². The Balaban J connectivity index is 2.33. The molecule has 0 bridgehead atoms. The first-order chi connectivity index (χ1) is 8.09. The zero-order valence-corrected chi connectivity index (χ0v) is 10.4. The van der Waals surface area contributed by atoms with Gasteiger partial charge in [-0.1, -0.05) is 0 Å². The zero-order chi connectivity index (χ0) is 12.5. The minimum Gasteiger partial charge on any atom is -0.336 e. The van der Waals surface area contributed by atoms with Crippen LogP contribution in [0.25, 0.3) is 0 Å². The lowest BCUT2D eigenvalue weighted by atomic mass is 10.2. The summed E-state index contributed by atoms with van der Waals surface area (Å²) in [4.78, 5) is 3.90. The molecule has 2 heterocycles. The van der Waals surface area contributed by atoms with Gasteiger partial charge in [-0.05, 0) is 19.8 Å². The summed E-state index contributed by atoms with van der Waals surface area (Å²) >= 11 is 0. The van der Waals surface area contributed by atoms with Crippen molar-refractivity contribution in [2.24, 2.45) is 0 Å². The largest absolute Gasteiger partial charge is 0.336 e. The van der Waals surface area contributed by atoms with Crippen LogP contribution in [0.4, 0.5) is 0 Å². The van der Waals surface area contributed by atoms with Crippen LogP contribution in [-0.4, -0.2) is 34.9 Å². The minimum absolute atomic E-state index is 0.0292. The Bertz CT molecular complexity index is 543. The Kier molecular flexibility index (Phi) is 3.17. The molecule has 1 aliphatic heterocycles. The Hall–Kier alpha value is -1.39. The highest BCUT2D eigenvalue weighted by atomic mass is 32.2. The van der Waals surface area contributed by atoms with Gasteiger partial charge in [-0.25, -0.2) is 13.4 Å². The molecule has 0 spiro atoms. The standard InChI is InChI=1S/C10H14N4O2S/c1-2-13-7-10(12-8-13)17(15,16)14-5-3-4-9(14)6-11/h7-9H,2-5H2,1H3. The Morgan fingerprint density at radius 2 is 2.41 bits per heavy atom. The van der Waals surface area contributed by atoms with Crippen LogP contribution in [0.2, 0.25) is 0 Å². The van der Waals surface area contributed by atoms with Crippen LogP contribution < -0.4 is 0 Å². The molecule has 1 aromatic heterocycles. The lowest BCUT2D eigenvalue weighted by Crippen LogP contribution is -2.34. The molecule has 92 valence electrons. The molecular formula is C10H14N4O2S. The summed E-state index contributed by atoms with van der Waals surface area (Å²) in [5.41, 5.74) is 0. The third-order valence-corrected chi connectivity index (χ3v) is 4.69. The van der Waals surface area contributed by atoms with Crippen LogP contribution >= 0.6 is 0 Å². The Labute approximate surface area is 101 Å². The van der Waals surface area contributed by atoms with E-state index in [-0.39, 0.29) is 5.03 Å². The van der Waals surface area contributed by atoms with Gasteiger partial charge in [-0.15, -0.1) is 0 Å². The SMILES string of the molecule is CCn1cnc(S(=O)(=O)N2CCCC2C#N)c1. The molecule has 1 unspecified atom stereocenters. The minimum atomic E-state index is -3.61. The highest BCUT2D eigenvalue weighted by molar-refractivity contribution is 7.89. The fourth-order valence-electron chi connectivity index (χ4n) is 1.92. The highest BCUT2D eigenvalue weighted by Crippen LogP contribution is 2.24. The van der Waals surface area contributed by atoms with Crippen molar-refractivity contribution in [2.75, 3.05) is 6.54 Å². The van der Waals surface area contributed by atoms with E-state index in [2.05, 4.69) is 4.98 Å². The molecule has 0 N–H and O–H groups in total. The number of aromatic nitrogens is 2. The van der Waals surface area contributed by atoms with Gasteiger partial charge in [0.2, 0.25) is 0 Å². The normalized spacial score (nSPS) is 21.5. The lowest BCUT2D eigenvalue weighted by Gasteiger charge is -2.17. The van der Waals surface area contributed by atoms with Crippen LogP contribution in [0.5, 0.6) is 0 Å². The molecule has 1 aromatic rings. The zero-order valence-electron chi connectivity index (χ0n) is 9.57. The average Bonchev–Trinajstić information content (AvgIpc) is 2.97. The maximum absolute atomic E-state index is 12.2. The van der Waals surface area contributed by atoms with Crippen LogP contribution in [0.1, 0.15) is 19.8 Å². The summed E-state index contributed by atoms with van der Waals surface area (Å²) < 4.78 is 27.4. The van der Waals surface area contributed by atoms with Crippen molar-refractivity contribution in [1.29, 1.82) is 5.26 Å². The monoisotopic (exact) mass is 254 g/mol. The molecule has 0 aliphatic carbocycles. The molecule has 7 heteroatoms. The fraction of sp³-hybridized carbons (Fsp3) is 0.600. The van der Waals surface area contributed by atoms with E-state index in [0.29, 0.717) is 19.5 Å². The first kappa shape index (κ1) is 12.1. The van der Waals surface area contributed by atoms with Crippen molar-refractivity contribution in [3.05, 3.63) is 12.5 Å². The second-order valence-electron chi connectivity index (χ2n) is 3.95. The second-order valence-corrected chi connectivity index (χ2v) is 5.78. The number of sulfonamides is 1. The molecule has 1 fully saturated rings. The van der Waals surface area contributed by atoms with Gasteiger partial charge in [0.1, 0.15) is 6.04 Å². The summed E-state index contributed by atoms with van der Waals surface area (Å²) in [6.45, 7) is 2.98. The van der Waals surface area contributed by atoms with Gasteiger partial charge < -0.3 is 4.57 Å². The van der Waals surface area contributed by atoms with Crippen LogP contribution in [-0.2, 0) is 16.6 Å². The van der Waals surface area contributed by atoms with E-state index in [1.54, 1.807) is 4.57 Å². The van der Waals surface area contributed by atoms with Crippen LogP contribution in [0.15, 0.2) is 17.6 Å². The molecular weight excluding hydrogens is 240 g/mol. The average molecular weight is 254 g/mol. The van der Waals surface area contributed by atoms with Crippen molar-refractivity contribution in [3.63, 3.8) is 0 Å². The number of rotatable bonds is 3. The van der Waals surface area contributed by atoms with Gasteiger partial charge in [0, 0.05) is 19.3 Å². The highest BCUT2D eigenvalue weighted by Gasteiger charge is 2.36. The number of nitrogens with zero attached hydrogens (tertiary/aromatic N) is 4. The van der Waals surface area contributed by atoms with Crippen LogP contribution in [0.3, 0.4) is 0 Å². The van der Waals surface area contributed by atoms with Gasteiger partial charge in [-0.2, -0.15) is 9.57 Å². The summed E-state index contributed by atoms with van der Waals surface area (Å²) in [7, 11) is -3.61. The molecule has 0 saturated carbocycles.